The van der Waals surface area contributed by atoms with Crippen LogP contribution in [0.25, 0.3) is 0 Å². The molecule has 0 aliphatic carbocycles. The Kier molecular flexibility index (Phi) is 4.30. The van der Waals surface area contributed by atoms with E-state index in [2.05, 4.69) is 29.4 Å². The molecule has 0 amide bonds. The lowest BCUT2D eigenvalue weighted by molar-refractivity contribution is 0.217. The largest absolute Gasteiger partial charge is 0.307 e. The second-order valence-corrected chi connectivity index (χ2v) is 6.00. The minimum absolute atomic E-state index is 0.137. The average molecular weight is 268 g/mol. The maximum atomic E-state index is 13.2. The number of thiol groups is 1. The highest BCUT2D eigenvalue weighted by Crippen LogP contribution is 2.23. The summed E-state index contributed by atoms with van der Waals surface area (Å²) in [4.78, 5) is 0. The normalized spacial score (nSPS) is 20.0. The van der Waals surface area contributed by atoms with Gasteiger partial charge in [0.25, 0.3) is 0 Å². The molecule has 1 aliphatic heterocycles. The average Bonchev–Trinajstić information content (AvgIpc) is 2.35. The molecule has 18 heavy (non-hydrogen) atoms. The van der Waals surface area contributed by atoms with Gasteiger partial charge >= 0.3 is 0 Å². The highest BCUT2D eigenvalue weighted by atomic mass is 32.1. The van der Waals surface area contributed by atoms with Crippen molar-refractivity contribution in [2.75, 3.05) is 13.1 Å². The van der Waals surface area contributed by atoms with Gasteiger partial charge in [-0.1, -0.05) is 18.9 Å². The smallest absolute Gasteiger partial charge is 0.123 e. The first kappa shape index (κ1) is 13.8. The van der Waals surface area contributed by atoms with Gasteiger partial charge in [0, 0.05) is 25.2 Å². The number of aryl methyl sites for hydroxylation is 1. The lowest BCUT2D eigenvalue weighted by Gasteiger charge is -2.38. The van der Waals surface area contributed by atoms with Crippen LogP contribution in [0.3, 0.4) is 0 Å². The van der Waals surface area contributed by atoms with E-state index in [1.807, 2.05) is 13.0 Å². The minimum atomic E-state index is -0.160. The number of halogens is 1. The Morgan fingerprint density at radius 1 is 1.39 bits per heavy atom. The monoisotopic (exact) mass is 268 g/mol. The Labute approximate surface area is 114 Å². The first-order valence-corrected chi connectivity index (χ1v) is 6.82. The van der Waals surface area contributed by atoms with Crippen molar-refractivity contribution in [3.05, 3.63) is 35.1 Å². The van der Waals surface area contributed by atoms with Crippen LogP contribution in [0.1, 0.15) is 30.9 Å². The van der Waals surface area contributed by atoms with E-state index in [-0.39, 0.29) is 11.4 Å². The highest BCUT2D eigenvalue weighted by Gasteiger charge is 2.28. The minimum Gasteiger partial charge on any atom is -0.307 e. The topological polar surface area (TPSA) is 15.3 Å². The van der Waals surface area contributed by atoms with Crippen molar-refractivity contribution >= 4 is 12.8 Å². The molecular formula is C14H21FN2S. The molecule has 0 unspecified atom stereocenters. The van der Waals surface area contributed by atoms with Crippen LogP contribution in [0, 0.1) is 12.7 Å². The van der Waals surface area contributed by atoms with E-state index in [1.165, 1.54) is 6.07 Å². The van der Waals surface area contributed by atoms with E-state index in [9.17, 15) is 4.39 Å². The van der Waals surface area contributed by atoms with Crippen molar-refractivity contribution in [3.63, 3.8) is 0 Å². The highest BCUT2D eigenvalue weighted by molar-refractivity contribution is 7.77. The van der Waals surface area contributed by atoms with Crippen molar-refractivity contribution in [1.82, 2.24) is 9.62 Å². The zero-order valence-corrected chi connectivity index (χ0v) is 11.9. The molecule has 0 bridgehead atoms. The van der Waals surface area contributed by atoms with Crippen LogP contribution in [0.5, 0.6) is 0 Å². The summed E-state index contributed by atoms with van der Waals surface area (Å²) in [6, 6.07) is 4.98. The molecule has 1 fully saturated rings. The van der Waals surface area contributed by atoms with Crippen LogP contribution < -0.4 is 5.32 Å². The third-order valence-electron chi connectivity index (χ3n) is 3.86. The number of hydrogen-bond acceptors (Lipinski definition) is 3. The molecule has 1 heterocycles. The van der Waals surface area contributed by atoms with E-state index in [0.717, 1.165) is 43.6 Å². The maximum absolute atomic E-state index is 13.2. The molecule has 0 radical (unpaired) electrons. The summed E-state index contributed by atoms with van der Waals surface area (Å²) in [5, 5.41) is 3.58. The lowest BCUT2D eigenvalue weighted by Crippen LogP contribution is -2.49. The van der Waals surface area contributed by atoms with Crippen LogP contribution >= 0.6 is 12.8 Å². The van der Waals surface area contributed by atoms with Gasteiger partial charge in [-0.3, -0.25) is 4.31 Å². The summed E-state index contributed by atoms with van der Waals surface area (Å²) in [7, 11) is 0. The molecule has 0 saturated carbocycles. The standard InChI is InChI=1S/C14H21FN2S/c1-11-3-4-13(15)9-12(11)10-16-14(2)5-7-17(18)8-6-14/h3-4,9,16,18H,5-8,10H2,1-2H3. The molecule has 2 rings (SSSR count). The van der Waals surface area contributed by atoms with E-state index in [1.54, 1.807) is 6.07 Å². The predicted molar refractivity (Wildman–Crippen MR) is 76.2 cm³/mol. The molecule has 100 valence electrons. The Morgan fingerprint density at radius 2 is 2.06 bits per heavy atom. The fourth-order valence-corrected chi connectivity index (χ4v) is 2.50. The number of benzene rings is 1. The summed E-state index contributed by atoms with van der Waals surface area (Å²) >= 11 is 4.36. The van der Waals surface area contributed by atoms with Crippen molar-refractivity contribution in [2.45, 2.75) is 38.8 Å². The summed E-state index contributed by atoms with van der Waals surface area (Å²) in [5.74, 6) is -0.160. The second kappa shape index (κ2) is 5.59. The van der Waals surface area contributed by atoms with Crippen LogP contribution in [0.4, 0.5) is 4.39 Å². The molecule has 1 N–H and O–H groups in total. The number of rotatable bonds is 3. The third-order valence-corrected chi connectivity index (χ3v) is 4.26. The van der Waals surface area contributed by atoms with Gasteiger partial charge in [-0.05, 0) is 49.9 Å². The first-order chi connectivity index (χ1) is 8.48. The number of piperidine rings is 1. The van der Waals surface area contributed by atoms with Gasteiger partial charge in [-0.25, -0.2) is 4.39 Å². The molecule has 0 spiro atoms. The first-order valence-electron chi connectivity index (χ1n) is 6.42. The van der Waals surface area contributed by atoms with Crippen molar-refractivity contribution in [1.29, 1.82) is 0 Å². The molecule has 1 saturated heterocycles. The van der Waals surface area contributed by atoms with Gasteiger partial charge in [0.15, 0.2) is 0 Å². The molecule has 1 aromatic carbocycles. The molecule has 4 heteroatoms. The molecular weight excluding hydrogens is 247 g/mol. The quantitative estimate of drug-likeness (QED) is 0.820. The maximum Gasteiger partial charge on any atom is 0.123 e. The van der Waals surface area contributed by atoms with Crippen LogP contribution in [-0.2, 0) is 6.54 Å². The fourth-order valence-electron chi connectivity index (χ4n) is 2.30. The van der Waals surface area contributed by atoms with Gasteiger partial charge < -0.3 is 5.32 Å². The van der Waals surface area contributed by atoms with Gasteiger partial charge in [0.1, 0.15) is 5.82 Å². The van der Waals surface area contributed by atoms with Crippen LogP contribution in [0.15, 0.2) is 18.2 Å². The van der Waals surface area contributed by atoms with Gasteiger partial charge in [0.2, 0.25) is 0 Å². The number of nitrogens with zero attached hydrogens (tertiary/aromatic N) is 1. The lowest BCUT2D eigenvalue weighted by atomic mass is 9.90. The molecule has 1 aromatic rings. The van der Waals surface area contributed by atoms with E-state index >= 15 is 0 Å². The Hall–Kier alpha value is -0.580. The van der Waals surface area contributed by atoms with Gasteiger partial charge in [-0.15, -0.1) is 0 Å². The van der Waals surface area contributed by atoms with Crippen LogP contribution in [-0.4, -0.2) is 22.9 Å². The van der Waals surface area contributed by atoms with E-state index in [4.69, 9.17) is 0 Å². The van der Waals surface area contributed by atoms with Gasteiger partial charge in [0.05, 0.1) is 0 Å². The Bertz CT molecular complexity index is 414. The summed E-state index contributed by atoms with van der Waals surface area (Å²) < 4.78 is 15.3. The zero-order chi connectivity index (χ0) is 13.2. The zero-order valence-electron chi connectivity index (χ0n) is 11.0. The van der Waals surface area contributed by atoms with Crippen LogP contribution in [0.2, 0.25) is 0 Å². The number of hydrogen-bond donors (Lipinski definition) is 2. The Morgan fingerprint density at radius 3 is 2.72 bits per heavy atom. The third kappa shape index (κ3) is 3.46. The second-order valence-electron chi connectivity index (χ2n) is 5.44. The van der Waals surface area contributed by atoms with Gasteiger partial charge in [-0.2, -0.15) is 0 Å². The predicted octanol–water partition coefficient (Wildman–Crippen LogP) is 2.92. The number of nitrogens with one attached hydrogen (secondary N) is 1. The Balaban J connectivity index is 1.96. The summed E-state index contributed by atoms with van der Waals surface area (Å²) in [5.41, 5.74) is 2.32. The van der Waals surface area contributed by atoms with Crippen molar-refractivity contribution in [2.24, 2.45) is 0 Å². The van der Waals surface area contributed by atoms with Crippen molar-refractivity contribution in [3.8, 4) is 0 Å². The summed E-state index contributed by atoms with van der Waals surface area (Å²) in [6.07, 6.45) is 2.15. The van der Waals surface area contributed by atoms with Crippen molar-refractivity contribution < 1.29 is 4.39 Å². The molecule has 2 nitrogen and oxygen atoms in total. The van der Waals surface area contributed by atoms with E-state index in [0.29, 0.717) is 0 Å². The van der Waals surface area contributed by atoms with E-state index < -0.39 is 0 Å². The SMILES string of the molecule is Cc1ccc(F)cc1CNC1(C)CCN(S)CC1. The molecule has 1 aliphatic rings. The fraction of sp³-hybridized carbons (Fsp3) is 0.571. The molecule has 0 aromatic heterocycles. The summed E-state index contributed by atoms with van der Waals surface area (Å²) in [6.45, 7) is 6.98. The molecule has 0 atom stereocenters.